The van der Waals surface area contributed by atoms with E-state index < -0.39 is 0 Å². The normalized spacial score (nSPS) is 42.7. The number of carbonyl (C=O) groups is 2. The topological polar surface area (TPSA) is 43.4 Å². The molecule has 4 aliphatic rings. The van der Waals surface area contributed by atoms with E-state index in [9.17, 15) is 9.59 Å². The molecule has 1 aromatic carbocycles. The second-order valence-corrected chi connectivity index (χ2v) is 10.6. The molecule has 1 aliphatic heterocycles. The van der Waals surface area contributed by atoms with Gasteiger partial charge in [-0.1, -0.05) is 44.2 Å². The molecule has 1 aromatic rings. The molecule has 3 unspecified atom stereocenters. The fourth-order valence-electron chi connectivity index (χ4n) is 8.24. The van der Waals surface area contributed by atoms with E-state index in [1.807, 2.05) is 12.1 Å². The number of Topliss-reactive ketones (excluding diaryl/α,β-unsaturated/α-hetero) is 1. The molecular formula is C27H34O3. The Balaban J connectivity index is 1.62. The zero-order valence-electron chi connectivity index (χ0n) is 18.4. The van der Waals surface area contributed by atoms with Crippen LogP contribution in [0, 0.1) is 28.6 Å². The average Bonchev–Trinajstić information content (AvgIpc) is 3.07. The van der Waals surface area contributed by atoms with E-state index in [1.54, 1.807) is 0 Å². The van der Waals surface area contributed by atoms with Gasteiger partial charge in [0.05, 0.1) is 0 Å². The number of allylic oxidation sites excluding steroid dienone is 1. The van der Waals surface area contributed by atoms with Crippen molar-refractivity contribution in [2.75, 3.05) is 0 Å². The van der Waals surface area contributed by atoms with Gasteiger partial charge in [0.15, 0.2) is 5.78 Å². The first kappa shape index (κ1) is 20.0. The maximum Gasteiger partial charge on any atom is 0.306 e. The molecule has 3 fully saturated rings. The lowest BCUT2D eigenvalue weighted by Crippen LogP contribution is -2.65. The lowest BCUT2D eigenvalue weighted by Gasteiger charge is -2.67. The number of esters is 1. The highest BCUT2D eigenvalue weighted by Gasteiger charge is 2.67. The number of benzene rings is 1. The summed E-state index contributed by atoms with van der Waals surface area (Å²) in [7, 11) is 0. The van der Waals surface area contributed by atoms with Crippen molar-refractivity contribution in [3.63, 3.8) is 0 Å². The van der Waals surface area contributed by atoms with E-state index in [-0.39, 0.29) is 28.8 Å². The highest BCUT2D eigenvalue weighted by molar-refractivity contribution is 6.01. The van der Waals surface area contributed by atoms with Crippen LogP contribution < -0.4 is 0 Å². The summed E-state index contributed by atoms with van der Waals surface area (Å²) in [6.45, 7) is 9.02. The summed E-state index contributed by atoms with van der Waals surface area (Å²) in [6.07, 6.45) is 9.52. The van der Waals surface area contributed by atoms with Crippen LogP contribution in [0.5, 0.6) is 0 Å². The third-order valence-electron chi connectivity index (χ3n) is 9.78. The Bertz CT molecular complexity index is 888. The molecule has 1 saturated heterocycles. The van der Waals surface area contributed by atoms with Crippen LogP contribution in [0.1, 0.15) is 87.1 Å². The van der Waals surface area contributed by atoms with Crippen molar-refractivity contribution in [3.05, 3.63) is 48.0 Å². The number of ether oxygens (including phenoxy) is 1. The smallest absolute Gasteiger partial charge is 0.306 e. The predicted octanol–water partition coefficient (Wildman–Crippen LogP) is 6.09. The monoisotopic (exact) mass is 406 g/mol. The Kier molecular flexibility index (Phi) is 4.72. The lowest BCUT2D eigenvalue weighted by atomic mass is 9.38. The second kappa shape index (κ2) is 7.07. The molecule has 0 bridgehead atoms. The van der Waals surface area contributed by atoms with Crippen molar-refractivity contribution >= 4 is 11.8 Å². The number of hydrogen-bond donors (Lipinski definition) is 0. The van der Waals surface area contributed by atoms with Crippen LogP contribution in [-0.4, -0.2) is 17.9 Å². The van der Waals surface area contributed by atoms with Gasteiger partial charge in [-0.2, -0.15) is 0 Å². The van der Waals surface area contributed by atoms with Crippen molar-refractivity contribution < 1.29 is 14.3 Å². The van der Waals surface area contributed by atoms with Gasteiger partial charge in [0.2, 0.25) is 0 Å². The Morgan fingerprint density at radius 3 is 2.77 bits per heavy atom. The minimum atomic E-state index is -0.0246. The third kappa shape index (κ3) is 2.56. The summed E-state index contributed by atoms with van der Waals surface area (Å²) in [5, 5.41) is 0. The van der Waals surface area contributed by atoms with E-state index in [2.05, 4.69) is 38.6 Å². The molecule has 0 aromatic heterocycles. The highest BCUT2D eigenvalue weighted by Crippen LogP contribution is 2.70. The fourth-order valence-corrected chi connectivity index (χ4v) is 8.24. The standard InChI is InChI=1S/C27H34O3/c1-4-7-22-19(21-16-23(28)20-9-6-5-8-18(20)21)12-14-26(3)17(2)10-11-24-27(22,26)15-13-25(29)30-24/h4-6,8-9,17,19,21-22,24H,1,7,10-16H2,2-3H3/t17-,19?,21?,22-,24?,26+,27-/m1/s1. The summed E-state index contributed by atoms with van der Waals surface area (Å²) in [5.41, 5.74) is 2.34. The summed E-state index contributed by atoms with van der Waals surface area (Å²) < 4.78 is 6.10. The zero-order chi connectivity index (χ0) is 21.1. The quantitative estimate of drug-likeness (QED) is 0.451. The molecule has 1 spiro atoms. The second-order valence-electron chi connectivity index (χ2n) is 10.6. The highest BCUT2D eigenvalue weighted by atomic mass is 16.5. The SMILES string of the molecule is C=CC[C@@H]1C(C2CC(=O)c3ccccc32)CC[C@@]2(C)[C@H](C)CCC3OC(=O)CC[C@]312. The molecule has 3 nitrogen and oxygen atoms in total. The number of fused-ring (bicyclic) bond motifs is 1. The van der Waals surface area contributed by atoms with Crippen LogP contribution in [0.4, 0.5) is 0 Å². The number of ketones is 1. The van der Waals surface area contributed by atoms with E-state index in [4.69, 9.17) is 4.74 Å². The molecule has 0 N–H and O–H groups in total. The molecule has 160 valence electrons. The Labute approximate surface area is 180 Å². The third-order valence-corrected chi connectivity index (χ3v) is 9.78. The Hall–Kier alpha value is -1.90. The van der Waals surface area contributed by atoms with Gasteiger partial charge in [0.25, 0.3) is 0 Å². The van der Waals surface area contributed by atoms with Crippen LogP contribution in [0.15, 0.2) is 36.9 Å². The molecule has 0 radical (unpaired) electrons. The van der Waals surface area contributed by atoms with Gasteiger partial charge in [0.1, 0.15) is 6.10 Å². The maximum absolute atomic E-state index is 12.8. The average molecular weight is 407 g/mol. The minimum absolute atomic E-state index is 0.00371. The number of rotatable bonds is 3. The summed E-state index contributed by atoms with van der Waals surface area (Å²) in [6, 6.07) is 8.23. The van der Waals surface area contributed by atoms with E-state index >= 15 is 0 Å². The van der Waals surface area contributed by atoms with Gasteiger partial charge in [-0.3, -0.25) is 9.59 Å². The summed E-state index contributed by atoms with van der Waals surface area (Å²) >= 11 is 0. The van der Waals surface area contributed by atoms with Crippen LogP contribution in [0.25, 0.3) is 0 Å². The van der Waals surface area contributed by atoms with Crippen molar-refractivity contribution in [1.29, 1.82) is 0 Å². The zero-order valence-corrected chi connectivity index (χ0v) is 18.4. The van der Waals surface area contributed by atoms with Crippen LogP contribution >= 0.6 is 0 Å². The van der Waals surface area contributed by atoms with Crippen LogP contribution in [-0.2, 0) is 9.53 Å². The first-order valence-electron chi connectivity index (χ1n) is 11.8. The lowest BCUT2D eigenvalue weighted by molar-refractivity contribution is -0.240. The van der Waals surface area contributed by atoms with E-state index in [0.717, 1.165) is 44.1 Å². The maximum atomic E-state index is 12.8. The molecule has 7 atom stereocenters. The fraction of sp³-hybridized carbons (Fsp3) is 0.630. The molecule has 3 aliphatic carbocycles. The van der Waals surface area contributed by atoms with E-state index in [1.165, 1.54) is 5.56 Å². The van der Waals surface area contributed by atoms with Gasteiger partial charge in [-0.05, 0) is 73.2 Å². The molecule has 1 heterocycles. The van der Waals surface area contributed by atoms with Gasteiger partial charge in [-0.25, -0.2) is 0 Å². The predicted molar refractivity (Wildman–Crippen MR) is 117 cm³/mol. The molecule has 0 amide bonds. The van der Waals surface area contributed by atoms with Gasteiger partial charge >= 0.3 is 5.97 Å². The van der Waals surface area contributed by atoms with Crippen molar-refractivity contribution in [2.24, 2.45) is 28.6 Å². The first-order valence-corrected chi connectivity index (χ1v) is 11.8. The van der Waals surface area contributed by atoms with Crippen molar-refractivity contribution in [2.45, 2.75) is 77.2 Å². The molecule has 3 heteroatoms. The van der Waals surface area contributed by atoms with Gasteiger partial charge in [0, 0.05) is 23.8 Å². The van der Waals surface area contributed by atoms with Crippen molar-refractivity contribution in [1.82, 2.24) is 0 Å². The van der Waals surface area contributed by atoms with E-state index in [0.29, 0.717) is 36.4 Å². The number of carbonyl (C=O) groups excluding carboxylic acids is 2. The van der Waals surface area contributed by atoms with Crippen LogP contribution in [0.3, 0.4) is 0 Å². The number of hydrogen-bond acceptors (Lipinski definition) is 3. The van der Waals surface area contributed by atoms with Gasteiger partial charge < -0.3 is 4.74 Å². The molecule has 30 heavy (non-hydrogen) atoms. The summed E-state index contributed by atoms with van der Waals surface area (Å²) in [5.74, 6) is 2.02. The summed E-state index contributed by atoms with van der Waals surface area (Å²) in [4.78, 5) is 25.1. The molecule has 2 saturated carbocycles. The van der Waals surface area contributed by atoms with Gasteiger partial charge in [-0.15, -0.1) is 6.58 Å². The molecular weight excluding hydrogens is 372 g/mol. The Morgan fingerprint density at radius 1 is 1.17 bits per heavy atom. The molecule has 5 rings (SSSR count). The largest absolute Gasteiger partial charge is 0.462 e. The first-order chi connectivity index (χ1) is 14.4. The van der Waals surface area contributed by atoms with Crippen LogP contribution in [0.2, 0.25) is 0 Å². The Morgan fingerprint density at radius 2 is 1.97 bits per heavy atom. The minimum Gasteiger partial charge on any atom is -0.462 e. The van der Waals surface area contributed by atoms with Crippen molar-refractivity contribution in [3.8, 4) is 0 Å².